The number of fused-ring (bicyclic) bond motifs is 1. The van der Waals surface area contributed by atoms with E-state index in [-0.39, 0.29) is 12.3 Å². The monoisotopic (exact) mass is 397 g/mol. The molecule has 2 aromatic carbocycles. The molecule has 4 rings (SSSR count). The third-order valence-electron chi connectivity index (χ3n) is 4.80. The van der Waals surface area contributed by atoms with E-state index in [4.69, 9.17) is 0 Å². The van der Waals surface area contributed by atoms with Crippen LogP contribution >= 0.6 is 0 Å². The Morgan fingerprint density at radius 3 is 2.61 bits per heavy atom. The van der Waals surface area contributed by atoms with Gasteiger partial charge in [-0.05, 0) is 64.7 Å². The zero-order valence-electron chi connectivity index (χ0n) is 15.3. The quantitative estimate of drug-likeness (QED) is 0.663. The zero-order chi connectivity index (χ0) is 19.7. The van der Waals surface area contributed by atoms with Crippen LogP contribution in [0.4, 0.5) is 5.69 Å². The molecule has 0 fully saturated rings. The highest BCUT2D eigenvalue weighted by Gasteiger charge is 2.24. The number of nitrogens with zero attached hydrogens (tertiary/aromatic N) is 5. The van der Waals surface area contributed by atoms with E-state index in [1.165, 1.54) is 12.6 Å². The molecule has 8 nitrogen and oxygen atoms in total. The van der Waals surface area contributed by atoms with E-state index in [0.717, 1.165) is 35.3 Å². The summed E-state index contributed by atoms with van der Waals surface area (Å²) in [5, 5.41) is 11.1. The third-order valence-corrected chi connectivity index (χ3v) is 5.91. The summed E-state index contributed by atoms with van der Waals surface area (Å²) in [7, 11) is -3.26. The van der Waals surface area contributed by atoms with E-state index < -0.39 is 9.84 Å². The summed E-state index contributed by atoms with van der Waals surface area (Å²) in [5.41, 5.74) is 3.41. The van der Waals surface area contributed by atoms with Crippen LogP contribution in [-0.4, -0.2) is 47.3 Å². The number of hydrogen-bond donors (Lipinski definition) is 0. The van der Waals surface area contributed by atoms with Crippen molar-refractivity contribution in [2.45, 2.75) is 24.2 Å². The molecule has 0 aliphatic carbocycles. The highest BCUT2D eigenvalue weighted by molar-refractivity contribution is 7.90. The average molecular weight is 397 g/mol. The smallest absolute Gasteiger partial charge is 0.231 e. The summed E-state index contributed by atoms with van der Waals surface area (Å²) >= 11 is 0. The van der Waals surface area contributed by atoms with Gasteiger partial charge in [0.05, 0.1) is 17.0 Å². The topological polar surface area (TPSA) is 98.1 Å². The molecule has 9 heteroatoms. The minimum Gasteiger partial charge on any atom is -0.312 e. The van der Waals surface area contributed by atoms with Gasteiger partial charge in [-0.15, -0.1) is 5.10 Å². The van der Waals surface area contributed by atoms with Gasteiger partial charge < -0.3 is 4.90 Å². The van der Waals surface area contributed by atoms with Gasteiger partial charge >= 0.3 is 0 Å². The first-order chi connectivity index (χ1) is 13.4. The van der Waals surface area contributed by atoms with Crippen molar-refractivity contribution in [3.63, 3.8) is 0 Å². The maximum Gasteiger partial charge on any atom is 0.231 e. The third kappa shape index (κ3) is 3.65. The lowest BCUT2D eigenvalue weighted by Gasteiger charge is -2.30. The van der Waals surface area contributed by atoms with Gasteiger partial charge in [0.2, 0.25) is 5.91 Å². The van der Waals surface area contributed by atoms with E-state index in [1.807, 2.05) is 24.3 Å². The summed E-state index contributed by atoms with van der Waals surface area (Å²) in [6.07, 6.45) is 4.55. The lowest BCUT2D eigenvalue weighted by atomic mass is 10.0. The van der Waals surface area contributed by atoms with Gasteiger partial charge in [-0.1, -0.05) is 12.1 Å². The van der Waals surface area contributed by atoms with Crippen molar-refractivity contribution >= 4 is 21.4 Å². The van der Waals surface area contributed by atoms with Crippen LogP contribution in [0.5, 0.6) is 0 Å². The minimum atomic E-state index is -3.26. The molecular weight excluding hydrogens is 378 g/mol. The number of aromatic nitrogens is 4. The van der Waals surface area contributed by atoms with Crippen LogP contribution in [0, 0.1) is 0 Å². The largest absolute Gasteiger partial charge is 0.312 e. The molecule has 144 valence electrons. The minimum absolute atomic E-state index is 0.0109. The maximum absolute atomic E-state index is 12.9. The highest BCUT2D eigenvalue weighted by Crippen LogP contribution is 2.30. The van der Waals surface area contributed by atoms with Crippen molar-refractivity contribution in [1.82, 2.24) is 20.2 Å². The predicted octanol–water partition coefficient (Wildman–Crippen LogP) is 1.59. The number of carbonyl (C=O) groups excluding carboxylic acids is 1. The van der Waals surface area contributed by atoms with Crippen molar-refractivity contribution in [2.24, 2.45) is 0 Å². The van der Waals surface area contributed by atoms with E-state index in [1.54, 1.807) is 27.8 Å². The van der Waals surface area contributed by atoms with Gasteiger partial charge in [0.15, 0.2) is 9.84 Å². The first-order valence-corrected chi connectivity index (χ1v) is 10.8. The fourth-order valence-corrected chi connectivity index (χ4v) is 4.05. The Bertz CT molecular complexity index is 1110. The van der Waals surface area contributed by atoms with Crippen molar-refractivity contribution in [3.8, 4) is 5.69 Å². The summed E-state index contributed by atoms with van der Waals surface area (Å²) < 4.78 is 25.1. The number of benzene rings is 2. The molecule has 1 amide bonds. The van der Waals surface area contributed by atoms with Crippen molar-refractivity contribution < 1.29 is 13.2 Å². The van der Waals surface area contributed by atoms with Gasteiger partial charge in [0, 0.05) is 18.5 Å². The van der Waals surface area contributed by atoms with E-state index in [2.05, 4.69) is 15.5 Å². The van der Waals surface area contributed by atoms with Gasteiger partial charge in [0.1, 0.15) is 6.33 Å². The van der Waals surface area contributed by atoms with Gasteiger partial charge in [-0.25, -0.2) is 13.1 Å². The molecule has 0 unspecified atom stereocenters. The molecule has 0 bridgehead atoms. The number of tetrazole rings is 1. The molecule has 0 saturated heterocycles. The molecule has 0 spiro atoms. The predicted molar refractivity (Wildman–Crippen MR) is 103 cm³/mol. The Morgan fingerprint density at radius 2 is 1.93 bits per heavy atom. The molecule has 1 aliphatic rings. The Balaban J connectivity index is 1.53. The molecular formula is C19H19N5O3S. The SMILES string of the molecule is CS(=O)(=O)c1ccc2c(c1)CCCN2C(=O)Cc1ccc(-n2cnnn2)cc1. The van der Waals surface area contributed by atoms with Crippen LogP contribution in [-0.2, 0) is 27.5 Å². The second-order valence-electron chi connectivity index (χ2n) is 6.81. The van der Waals surface area contributed by atoms with Crippen LogP contribution in [0.2, 0.25) is 0 Å². The lowest BCUT2D eigenvalue weighted by molar-refractivity contribution is -0.118. The van der Waals surface area contributed by atoms with Crippen molar-refractivity contribution in [1.29, 1.82) is 0 Å². The first-order valence-electron chi connectivity index (χ1n) is 8.87. The summed E-state index contributed by atoms with van der Waals surface area (Å²) in [6.45, 7) is 0.632. The molecule has 3 aromatic rings. The fraction of sp³-hybridized carbons (Fsp3) is 0.263. The molecule has 1 aliphatic heterocycles. The average Bonchev–Trinajstić information content (AvgIpc) is 3.21. The van der Waals surface area contributed by atoms with Gasteiger partial charge in [-0.2, -0.15) is 0 Å². The van der Waals surface area contributed by atoms with E-state index in [0.29, 0.717) is 11.4 Å². The Labute approximate surface area is 162 Å². The summed E-state index contributed by atoms with van der Waals surface area (Å²) in [6, 6.07) is 12.5. The zero-order valence-corrected chi connectivity index (χ0v) is 16.1. The molecule has 0 saturated carbocycles. The summed E-state index contributed by atoms with van der Waals surface area (Å²) in [4.78, 5) is 14.9. The van der Waals surface area contributed by atoms with Crippen LogP contribution in [0.3, 0.4) is 0 Å². The van der Waals surface area contributed by atoms with Crippen LogP contribution < -0.4 is 4.90 Å². The number of anilines is 1. The first kappa shape index (κ1) is 18.3. The van der Waals surface area contributed by atoms with Crippen LogP contribution in [0.25, 0.3) is 5.69 Å². The number of amides is 1. The molecule has 0 atom stereocenters. The fourth-order valence-electron chi connectivity index (χ4n) is 3.38. The number of rotatable bonds is 4. The van der Waals surface area contributed by atoms with Crippen molar-refractivity contribution in [2.75, 3.05) is 17.7 Å². The number of aryl methyl sites for hydroxylation is 1. The molecule has 1 aromatic heterocycles. The van der Waals surface area contributed by atoms with Crippen LogP contribution in [0.15, 0.2) is 53.7 Å². The highest BCUT2D eigenvalue weighted by atomic mass is 32.2. The Hall–Kier alpha value is -3.07. The Morgan fingerprint density at radius 1 is 1.14 bits per heavy atom. The summed E-state index contributed by atoms with van der Waals surface area (Å²) in [5.74, 6) is -0.0109. The van der Waals surface area contributed by atoms with E-state index in [9.17, 15) is 13.2 Å². The second-order valence-corrected chi connectivity index (χ2v) is 8.82. The maximum atomic E-state index is 12.9. The number of sulfone groups is 1. The van der Waals surface area contributed by atoms with Crippen LogP contribution in [0.1, 0.15) is 17.5 Å². The molecule has 0 radical (unpaired) electrons. The molecule has 2 heterocycles. The van der Waals surface area contributed by atoms with E-state index >= 15 is 0 Å². The normalized spacial score (nSPS) is 14.0. The molecule has 0 N–H and O–H groups in total. The van der Waals surface area contributed by atoms with Crippen molar-refractivity contribution in [3.05, 3.63) is 59.9 Å². The van der Waals surface area contributed by atoms with Gasteiger partial charge in [0.25, 0.3) is 0 Å². The number of carbonyl (C=O) groups is 1. The Kier molecular flexibility index (Phi) is 4.68. The number of hydrogen-bond acceptors (Lipinski definition) is 6. The second kappa shape index (κ2) is 7.16. The lowest BCUT2D eigenvalue weighted by Crippen LogP contribution is -2.36. The standard InChI is InChI=1S/C19H19N5O3S/c1-28(26,27)17-8-9-18-15(12-17)3-2-10-23(18)19(25)11-14-4-6-16(7-5-14)24-13-20-21-22-24/h4-9,12-13H,2-3,10-11H2,1H3. The molecule has 28 heavy (non-hydrogen) atoms. The van der Waals surface area contributed by atoms with Gasteiger partial charge in [-0.3, -0.25) is 4.79 Å².